The lowest BCUT2D eigenvalue weighted by atomic mass is 10.2. The summed E-state index contributed by atoms with van der Waals surface area (Å²) < 4.78 is 28.4. The molecule has 2 aliphatic heterocycles. The molecule has 108 valence electrons. The summed E-state index contributed by atoms with van der Waals surface area (Å²) in [6.07, 6.45) is 4.31. The molecule has 0 saturated carbocycles. The third-order valence-electron chi connectivity index (χ3n) is 3.63. The van der Waals surface area contributed by atoms with Crippen LogP contribution in [0, 0.1) is 0 Å². The molecule has 2 rings (SSSR count). The third-order valence-corrected chi connectivity index (χ3v) is 5.78. The third kappa shape index (κ3) is 3.57. The van der Waals surface area contributed by atoms with E-state index >= 15 is 0 Å². The van der Waals surface area contributed by atoms with Crippen LogP contribution in [0.15, 0.2) is 0 Å². The second-order valence-electron chi connectivity index (χ2n) is 4.98. The van der Waals surface area contributed by atoms with Gasteiger partial charge in [-0.25, -0.2) is 0 Å². The molecule has 0 bridgehead atoms. The van der Waals surface area contributed by atoms with Crippen molar-refractivity contribution < 1.29 is 8.42 Å². The van der Waals surface area contributed by atoms with Gasteiger partial charge in [-0.05, 0) is 19.8 Å². The second-order valence-corrected chi connectivity index (χ2v) is 6.87. The summed E-state index contributed by atoms with van der Waals surface area (Å²) in [6, 6.07) is 0.0667. The van der Waals surface area contributed by atoms with Crippen molar-refractivity contribution in [2.24, 2.45) is 0 Å². The lowest BCUT2D eigenvalue weighted by Crippen LogP contribution is -2.56. The zero-order valence-corrected chi connectivity index (χ0v) is 12.6. The van der Waals surface area contributed by atoms with Crippen LogP contribution >= 0.6 is 12.4 Å². The molecule has 0 aromatic heterocycles. The lowest BCUT2D eigenvalue weighted by Gasteiger charge is -2.36. The molecule has 1 N–H and O–H groups in total. The first kappa shape index (κ1) is 16.2. The fourth-order valence-corrected chi connectivity index (χ4v) is 4.45. The van der Waals surface area contributed by atoms with Crippen molar-refractivity contribution in [2.45, 2.75) is 38.6 Å². The highest BCUT2D eigenvalue weighted by Gasteiger charge is 2.34. The van der Waals surface area contributed by atoms with Crippen LogP contribution in [0.5, 0.6) is 0 Å². The number of nitrogens with one attached hydrogen (secondary N) is 1. The van der Waals surface area contributed by atoms with Gasteiger partial charge in [0, 0.05) is 38.8 Å². The topological polar surface area (TPSA) is 52.7 Å². The summed E-state index contributed by atoms with van der Waals surface area (Å²) in [5.74, 6) is 0. The number of nitrogens with zero attached hydrogens (tertiary/aromatic N) is 2. The van der Waals surface area contributed by atoms with E-state index in [1.165, 1.54) is 0 Å². The summed E-state index contributed by atoms with van der Waals surface area (Å²) in [7, 11) is -3.23. The highest BCUT2D eigenvalue weighted by atomic mass is 35.5. The Bertz CT molecular complexity index is 342. The van der Waals surface area contributed by atoms with E-state index in [0.717, 1.165) is 38.8 Å². The minimum atomic E-state index is -3.23. The summed E-state index contributed by atoms with van der Waals surface area (Å²) in [5, 5.41) is 3.23. The highest BCUT2D eigenvalue weighted by Crippen LogP contribution is 2.18. The average molecular weight is 298 g/mol. The molecule has 0 aliphatic carbocycles. The molecule has 0 aromatic carbocycles. The molecular formula is C11H24ClN3O2S. The maximum atomic E-state index is 12.5. The van der Waals surface area contributed by atoms with E-state index in [0.29, 0.717) is 19.6 Å². The van der Waals surface area contributed by atoms with Crippen LogP contribution in [0.1, 0.15) is 32.6 Å². The number of hydrogen-bond acceptors (Lipinski definition) is 3. The quantitative estimate of drug-likeness (QED) is 0.821. The van der Waals surface area contributed by atoms with Crippen molar-refractivity contribution in [3.8, 4) is 0 Å². The zero-order chi connectivity index (χ0) is 12.3. The van der Waals surface area contributed by atoms with Crippen LogP contribution in [0.2, 0.25) is 0 Å². The molecule has 0 amide bonds. The van der Waals surface area contributed by atoms with Crippen molar-refractivity contribution in [3.63, 3.8) is 0 Å². The van der Waals surface area contributed by atoms with Crippen LogP contribution in [0.3, 0.4) is 0 Å². The summed E-state index contributed by atoms with van der Waals surface area (Å²) in [5.41, 5.74) is 0. The van der Waals surface area contributed by atoms with Crippen molar-refractivity contribution in [3.05, 3.63) is 0 Å². The molecule has 1 unspecified atom stereocenters. The first-order valence-electron chi connectivity index (χ1n) is 6.60. The van der Waals surface area contributed by atoms with Gasteiger partial charge in [0.1, 0.15) is 0 Å². The molecule has 2 heterocycles. The van der Waals surface area contributed by atoms with Gasteiger partial charge in [-0.15, -0.1) is 12.4 Å². The lowest BCUT2D eigenvalue weighted by molar-refractivity contribution is 0.257. The SMILES string of the molecule is CC1CNCCN1S(=O)(=O)N1CCCCCC1.Cl. The fraction of sp³-hybridized carbons (Fsp3) is 1.00. The van der Waals surface area contributed by atoms with Crippen LogP contribution in [0.4, 0.5) is 0 Å². The Morgan fingerprint density at radius 3 is 2.22 bits per heavy atom. The molecular weight excluding hydrogens is 274 g/mol. The predicted octanol–water partition coefficient (Wildman–Crippen LogP) is 0.823. The highest BCUT2D eigenvalue weighted by molar-refractivity contribution is 7.86. The van der Waals surface area contributed by atoms with E-state index in [2.05, 4.69) is 5.32 Å². The normalized spacial score (nSPS) is 28.4. The van der Waals surface area contributed by atoms with E-state index in [-0.39, 0.29) is 18.4 Å². The summed E-state index contributed by atoms with van der Waals surface area (Å²) in [6.45, 7) is 5.48. The van der Waals surface area contributed by atoms with Gasteiger partial charge in [-0.3, -0.25) is 0 Å². The maximum Gasteiger partial charge on any atom is 0.282 e. The van der Waals surface area contributed by atoms with E-state index in [9.17, 15) is 8.42 Å². The fourth-order valence-electron chi connectivity index (χ4n) is 2.59. The molecule has 0 radical (unpaired) electrons. The predicted molar refractivity (Wildman–Crippen MR) is 75.2 cm³/mol. The van der Waals surface area contributed by atoms with E-state index in [1.807, 2.05) is 6.92 Å². The maximum absolute atomic E-state index is 12.5. The number of rotatable bonds is 2. The standard InChI is InChI=1S/C11H23N3O2S.ClH/c1-11-10-12-6-9-14(11)17(15,16)13-7-4-2-3-5-8-13;/h11-12H,2-10H2,1H3;1H. The van der Waals surface area contributed by atoms with Crippen molar-refractivity contribution in [1.82, 2.24) is 13.9 Å². The van der Waals surface area contributed by atoms with E-state index in [1.54, 1.807) is 8.61 Å². The average Bonchev–Trinajstić information content (AvgIpc) is 2.58. The number of hydrogen-bond donors (Lipinski definition) is 1. The van der Waals surface area contributed by atoms with E-state index in [4.69, 9.17) is 0 Å². The monoisotopic (exact) mass is 297 g/mol. The molecule has 5 nitrogen and oxygen atoms in total. The minimum absolute atomic E-state index is 0. The van der Waals surface area contributed by atoms with E-state index < -0.39 is 10.2 Å². The smallest absolute Gasteiger partial charge is 0.282 e. The van der Waals surface area contributed by atoms with Gasteiger partial charge >= 0.3 is 0 Å². The zero-order valence-electron chi connectivity index (χ0n) is 11.0. The van der Waals surface area contributed by atoms with Gasteiger partial charge in [0.05, 0.1) is 0 Å². The van der Waals surface area contributed by atoms with Gasteiger partial charge in [-0.1, -0.05) is 12.8 Å². The van der Waals surface area contributed by atoms with Gasteiger partial charge in [-0.2, -0.15) is 17.0 Å². The molecule has 7 heteroatoms. The largest absolute Gasteiger partial charge is 0.314 e. The summed E-state index contributed by atoms with van der Waals surface area (Å²) >= 11 is 0. The van der Waals surface area contributed by atoms with Gasteiger partial charge in [0.15, 0.2) is 0 Å². The van der Waals surface area contributed by atoms with Crippen LogP contribution < -0.4 is 5.32 Å². The number of piperazine rings is 1. The Balaban J connectivity index is 0.00000162. The Morgan fingerprint density at radius 1 is 1.06 bits per heavy atom. The first-order valence-corrected chi connectivity index (χ1v) is 8.00. The van der Waals surface area contributed by atoms with Gasteiger partial charge in [0.2, 0.25) is 0 Å². The Kier molecular flexibility index (Phi) is 6.34. The second kappa shape index (κ2) is 7.05. The molecule has 2 fully saturated rings. The molecule has 18 heavy (non-hydrogen) atoms. The molecule has 0 spiro atoms. The molecule has 2 aliphatic rings. The summed E-state index contributed by atoms with van der Waals surface area (Å²) in [4.78, 5) is 0. The van der Waals surface area contributed by atoms with Crippen LogP contribution in [-0.4, -0.2) is 55.8 Å². The molecule has 1 atom stereocenters. The van der Waals surface area contributed by atoms with Crippen LogP contribution in [0.25, 0.3) is 0 Å². The first-order chi connectivity index (χ1) is 8.12. The van der Waals surface area contributed by atoms with Crippen molar-refractivity contribution in [1.29, 1.82) is 0 Å². The van der Waals surface area contributed by atoms with Gasteiger partial charge < -0.3 is 5.32 Å². The van der Waals surface area contributed by atoms with Gasteiger partial charge in [0.25, 0.3) is 10.2 Å². The van der Waals surface area contributed by atoms with Crippen molar-refractivity contribution in [2.75, 3.05) is 32.7 Å². The Morgan fingerprint density at radius 2 is 1.67 bits per heavy atom. The van der Waals surface area contributed by atoms with Crippen LogP contribution in [-0.2, 0) is 10.2 Å². The Hall–Kier alpha value is 0.120. The minimum Gasteiger partial charge on any atom is -0.314 e. The molecule has 2 saturated heterocycles. The van der Waals surface area contributed by atoms with Crippen molar-refractivity contribution >= 4 is 22.6 Å². The Labute approximate surface area is 116 Å². The molecule has 0 aromatic rings. The number of halogens is 1.